The molecule has 0 amide bonds. The van der Waals surface area contributed by atoms with E-state index in [9.17, 15) is 9.18 Å². The maximum absolute atomic E-state index is 14.0. The molecule has 0 spiro atoms. The van der Waals surface area contributed by atoms with Gasteiger partial charge in [0.1, 0.15) is 10.5 Å². The van der Waals surface area contributed by atoms with Crippen molar-refractivity contribution in [1.29, 1.82) is 0 Å². The fourth-order valence-electron chi connectivity index (χ4n) is 2.38. The molecule has 3 rings (SSSR count). The van der Waals surface area contributed by atoms with Crippen LogP contribution in [0.25, 0.3) is 10.2 Å². The summed E-state index contributed by atoms with van der Waals surface area (Å²) in [6, 6.07) is 6.49. The monoisotopic (exact) mass is 382 g/mol. The zero-order chi connectivity index (χ0) is 17.3. The van der Waals surface area contributed by atoms with Crippen LogP contribution in [0.1, 0.15) is 31.9 Å². The number of aromatic nitrogens is 2. The fourth-order valence-corrected chi connectivity index (χ4v) is 4.59. The molecule has 0 aliphatic carbocycles. The maximum atomic E-state index is 14.0. The molecule has 24 heavy (non-hydrogen) atoms. The van der Waals surface area contributed by atoms with Gasteiger partial charge in [-0.1, -0.05) is 36.4 Å². The van der Waals surface area contributed by atoms with Crippen LogP contribution in [0.15, 0.2) is 39.6 Å². The van der Waals surface area contributed by atoms with E-state index in [1.54, 1.807) is 16.7 Å². The zero-order valence-corrected chi connectivity index (χ0v) is 15.6. The molecule has 1 unspecified atom stereocenters. The van der Waals surface area contributed by atoms with E-state index >= 15 is 0 Å². The Bertz CT molecular complexity index is 918. The van der Waals surface area contributed by atoms with Crippen LogP contribution in [0.5, 0.6) is 0 Å². The minimum atomic E-state index is -0.343. The second-order valence-electron chi connectivity index (χ2n) is 5.45. The highest BCUT2D eigenvalue weighted by atomic mass is 35.5. The van der Waals surface area contributed by atoms with E-state index < -0.39 is 0 Å². The number of fused-ring (bicyclic) bond motifs is 1. The minimum absolute atomic E-state index is 0.0232. The van der Waals surface area contributed by atoms with Gasteiger partial charge in [0, 0.05) is 22.4 Å². The Morgan fingerprint density at radius 1 is 1.42 bits per heavy atom. The summed E-state index contributed by atoms with van der Waals surface area (Å²) in [5.41, 5.74) is 1.08. The molecule has 126 valence electrons. The molecule has 0 saturated carbocycles. The smallest absolute Gasteiger partial charge is 0.272 e. The molecule has 3 nitrogen and oxygen atoms in total. The topological polar surface area (TPSA) is 34.9 Å². The summed E-state index contributed by atoms with van der Waals surface area (Å²) in [4.78, 5) is 17.4. The van der Waals surface area contributed by atoms with Gasteiger partial charge in [-0.3, -0.25) is 9.36 Å². The lowest BCUT2D eigenvalue weighted by molar-refractivity contribution is 0.468. The molecule has 2 heterocycles. The SMILES string of the molecule is CCC(C)n1c(SCc2c(F)cccc2Cl)nc2ccsc2c1=O. The molecule has 0 aliphatic rings. The average molecular weight is 383 g/mol. The highest BCUT2D eigenvalue weighted by Crippen LogP contribution is 2.30. The van der Waals surface area contributed by atoms with E-state index in [-0.39, 0.29) is 17.4 Å². The molecule has 1 aromatic carbocycles. The van der Waals surface area contributed by atoms with Crippen molar-refractivity contribution in [3.8, 4) is 0 Å². The second kappa shape index (κ2) is 7.25. The third-order valence-corrected chi connectivity index (χ3v) is 6.14. The van der Waals surface area contributed by atoms with Gasteiger partial charge in [0.15, 0.2) is 5.16 Å². The molecule has 0 saturated heterocycles. The van der Waals surface area contributed by atoms with E-state index in [1.807, 2.05) is 25.3 Å². The van der Waals surface area contributed by atoms with Gasteiger partial charge in [0.2, 0.25) is 0 Å². The lowest BCUT2D eigenvalue weighted by atomic mass is 10.2. The molecule has 7 heteroatoms. The van der Waals surface area contributed by atoms with Gasteiger partial charge in [-0.2, -0.15) is 0 Å². The van der Waals surface area contributed by atoms with Crippen molar-refractivity contribution in [3.63, 3.8) is 0 Å². The number of halogens is 2. The van der Waals surface area contributed by atoms with E-state index in [1.165, 1.54) is 29.2 Å². The summed E-state index contributed by atoms with van der Waals surface area (Å²) in [6.45, 7) is 4.01. The highest BCUT2D eigenvalue weighted by molar-refractivity contribution is 7.98. The number of thioether (sulfide) groups is 1. The van der Waals surface area contributed by atoms with Crippen molar-refractivity contribution in [2.24, 2.45) is 0 Å². The second-order valence-corrected chi connectivity index (χ2v) is 7.72. The van der Waals surface area contributed by atoms with Crippen LogP contribution in [0.3, 0.4) is 0 Å². The predicted octanol–water partition coefficient (Wildman–Crippen LogP) is 5.51. The molecule has 0 N–H and O–H groups in total. The van der Waals surface area contributed by atoms with Crippen LogP contribution in [0.4, 0.5) is 4.39 Å². The molecule has 0 bridgehead atoms. The first-order chi connectivity index (χ1) is 11.5. The van der Waals surface area contributed by atoms with Crippen molar-refractivity contribution in [1.82, 2.24) is 9.55 Å². The van der Waals surface area contributed by atoms with Crippen LogP contribution in [-0.4, -0.2) is 9.55 Å². The lowest BCUT2D eigenvalue weighted by Crippen LogP contribution is -2.25. The van der Waals surface area contributed by atoms with Crippen molar-refractivity contribution >= 4 is 44.9 Å². The Morgan fingerprint density at radius 2 is 2.21 bits per heavy atom. The predicted molar refractivity (Wildman–Crippen MR) is 99.9 cm³/mol. The summed E-state index contributed by atoms with van der Waals surface area (Å²) < 4.78 is 16.3. The number of hydrogen-bond donors (Lipinski definition) is 0. The Balaban J connectivity index is 2.03. The van der Waals surface area contributed by atoms with Crippen LogP contribution < -0.4 is 5.56 Å². The lowest BCUT2D eigenvalue weighted by Gasteiger charge is -2.17. The maximum Gasteiger partial charge on any atom is 0.272 e. The van der Waals surface area contributed by atoms with E-state index in [0.29, 0.717) is 31.7 Å². The molecule has 3 aromatic rings. The zero-order valence-electron chi connectivity index (χ0n) is 13.3. The number of thiophene rings is 1. The van der Waals surface area contributed by atoms with Crippen molar-refractivity contribution < 1.29 is 4.39 Å². The number of hydrogen-bond acceptors (Lipinski definition) is 4. The molecule has 0 radical (unpaired) electrons. The standard InChI is InChI=1S/C17H16ClFN2OS2/c1-3-10(2)21-16(22)15-14(7-8-23-15)20-17(21)24-9-11-12(18)5-4-6-13(11)19/h4-8,10H,3,9H2,1-2H3. The van der Waals surface area contributed by atoms with Gasteiger partial charge in [-0.05, 0) is 36.9 Å². The van der Waals surface area contributed by atoms with Gasteiger partial charge in [0.05, 0.1) is 5.52 Å². The average Bonchev–Trinajstić information content (AvgIpc) is 3.02. The Hall–Kier alpha value is -1.37. The van der Waals surface area contributed by atoms with Crippen LogP contribution in [-0.2, 0) is 5.75 Å². The highest BCUT2D eigenvalue weighted by Gasteiger charge is 2.17. The van der Waals surface area contributed by atoms with Gasteiger partial charge in [0.25, 0.3) is 5.56 Å². The summed E-state index contributed by atoms with van der Waals surface area (Å²) >= 11 is 8.83. The third kappa shape index (κ3) is 3.23. The molecular weight excluding hydrogens is 367 g/mol. The van der Waals surface area contributed by atoms with Gasteiger partial charge in [-0.15, -0.1) is 11.3 Å². The molecular formula is C17H16ClFN2OS2. The molecule has 0 fully saturated rings. The number of rotatable bonds is 5. The first-order valence-corrected chi connectivity index (χ1v) is 9.82. The van der Waals surface area contributed by atoms with Gasteiger partial charge >= 0.3 is 0 Å². The summed E-state index contributed by atoms with van der Waals surface area (Å²) in [5.74, 6) is -0.0200. The molecule has 1 atom stereocenters. The van der Waals surface area contributed by atoms with Crippen molar-refractivity contribution in [3.05, 3.63) is 56.4 Å². The largest absolute Gasteiger partial charge is 0.284 e. The molecule has 2 aromatic heterocycles. The van der Waals surface area contributed by atoms with E-state index in [2.05, 4.69) is 4.98 Å². The Kier molecular flexibility index (Phi) is 5.27. The Morgan fingerprint density at radius 3 is 2.92 bits per heavy atom. The van der Waals surface area contributed by atoms with Gasteiger partial charge < -0.3 is 0 Å². The number of nitrogens with zero attached hydrogens (tertiary/aromatic N) is 2. The summed E-state index contributed by atoms with van der Waals surface area (Å²) in [6.07, 6.45) is 0.812. The molecule has 0 aliphatic heterocycles. The van der Waals surface area contributed by atoms with Gasteiger partial charge in [-0.25, -0.2) is 9.37 Å². The number of benzene rings is 1. The van der Waals surface area contributed by atoms with Crippen LogP contribution in [0.2, 0.25) is 5.02 Å². The third-order valence-electron chi connectivity index (χ3n) is 3.92. The first kappa shape index (κ1) is 17.5. The van der Waals surface area contributed by atoms with Crippen LogP contribution >= 0.6 is 34.7 Å². The first-order valence-electron chi connectivity index (χ1n) is 7.58. The normalized spacial score (nSPS) is 12.7. The summed E-state index contributed by atoms with van der Waals surface area (Å²) in [5, 5.41) is 2.85. The summed E-state index contributed by atoms with van der Waals surface area (Å²) in [7, 11) is 0. The van der Waals surface area contributed by atoms with Crippen molar-refractivity contribution in [2.45, 2.75) is 37.2 Å². The van der Waals surface area contributed by atoms with Crippen LogP contribution in [0, 0.1) is 5.82 Å². The fraction of sp³-hybridized carbons (Fsp3) is 0.294. The van der Waals surface area contributed by atoms with Crippen molar-refractivity contribution in [2.75, 3.05) is 0 Å². The quantitative estimate of drug-likeness (QED) is 0.431. The van der Waals surface area contributed by atoms with E-state index in [4.69, 9.17) is 11.6 Å². The van der Waals surface area contributed by atoms with E-state index in [0.717, 1.165) is 6.42 Å². The Labute approximate surface area is 152 Å². The minimum Gasteiger partial charge on any atom is -0.284 e.